The van der Waals surface area contributed by atoms with Crippen LogP contribution >= 0.6 is 22.6 Å². The van der Waals surface area contributed by atoms with Crippen molar-refractivity contribution in [1.29, 1.82) is 0 Å². The van der Waals surface area contributed by atoms with Gasteiger partial charge in [0.15, 0.2) is 0 Å². The summed E-state index contributed by atoms with van der Waals surface area (Å²) in [5.41, 5.74) is 3.94. The summed E-state index contributed by atoms with van der Waals surface area (Å²) in [5, 5.41) is 3.69. The second-order valence-electron chi connectivity index (χ2n) is 5.82. The molecule has 2 nitrogen and oxygen atoms in total. The van der Waals surface area contributed by atoms with Crippen LogP contribution in [0.5, 0.6) is 0 Å². The largest absolute Gasteiger partial charge is 0.363 e. The number of allylic oxidation sites excluding steroid dienone is 5. The van der Waals surface area contributed by atoms with E-state index in [-0.39, 0.29) is 6.17 Å². The highest BCUT2D eigenvalue weighted by atomic mass is 127. The van der Waals surface area contributed by atoms with Crippen molar-refractivity contribution in [3.63, 3.8) is 0 Å². The molecule has 0 radical (unpaired) electrons. The zero-order valence-corrected chi connectivity index (χ0v) is 15.8. The summed E-state index contributed by atoms with van der Waals surface area (Å²) in [6.45, 7) is 8.44. The van der Waals surface area contributed by atoms with Crippen molar-refractivity contribution in [2.75, 3.05) is 0 Å². The Labute approximate surface area is 148 Å². The quantitative estimate of drug-likeness (QED) is 0.343. The molecule has 0 saturated carbocycles. The molecule has 1 heterocycles. The Balaban J connectivity index is 2.17. The normalized spacial score (nSPS) is 23.0. The van der Waals surface area contributed by atoms with Crippen LogP contribution in [-0.2, 0) is 0 Å². The van der Waals surface area contributed by atoms with Crippen LogP contribution in [0.3, 0.4) is 0 Å². The summed E-state index contributed by atoms with van der Waals surface area (Å²) in [4.78, 5) is 2.37. The summed E-state index contributed by atoms with van der Waals surface area (Å²) in [5.74, 6) is 0. The first-order chi connectivity index (χ1) is 10.7. The van der Waals surface area contributed by atoms with E-state index in [1.54, 1.807) is 0 Å². The van der Waals surface area contributed by atoms with Gasteiger partial charge in [-0.1, -0.05) is 67.3 Å². The molecule has 2 atom stereocenters. The van der Waals surface area contributed by atoms with E-state index in [0.717, 1.165) is 29.6 Å². The van der Waals surface area contributed by atoms with E-state index in [1.165, 1.54) is 23.4 Å². The molecule has 120 valence electrons. The van der Waals surface area contributed by atoms with Crippen molar-refractivity contribution in [1.82, 2.24) is 10.2 Å². The van der Waals surface area contributed by atoms with E-state index in [0.29, 0.717) is 0 Å². The molecule has 1 aliphatic heterocycles. The van der Waals surface area contributed by atoms with Gasteiger partial charge in [0.1, 0.15) is 6.17 Å². The first kappa shape index (κ1) is 17.4. The molecule has 0 fully saturated rings. The third-order valence-electron chi connectivity index (χ3n) is 4.00. The van der Waals surface area contributed by atoms with Gasteiger partial charge in [-0.05, 0) is 43.8 Å². The number of alkyl halides is 1. The number of hydrogen-bond acceptors (Lipinski definition) is 2. The van der Waals surface area contributed by atoms with Crippen LogP contribution in [0.15, 0.2) is 60.1 Å². The highest BCUT2D eigenvalue weighted by Crippen LogP contribution is 2.31. The van der Waals surface area contributed by atoms with Gasteiger partial charge in [0.2, 0.25) is 0 Å². The minimum Gasteiger partial charge on any atom is -0.363 e. The molecule has 3 heteroatoms. The third-order valence-corrected chi connectivity index (χ3v) is 4.62. The predicted molar refractivity (Wildman–Crippen MR) is 105 cm³/mol. The standard InChI is InChI=1S/C19H27IN2/c1-4-10-16(5-2)19-21-17-12-6-7-13-18(17)22(19)14-9-8-11-15(3)20/h5,7,9-10,13-15,19,21H,2,4,6,8,11-12H2,1,3H3/b14-9+,16-10+/t15-,19?/m1/s1. The highest BCUT2D eigenvalue weighted by molar-refractivity contribution is 14.1. The smallest absolute Gasteiger partial charge is 0.129 e. The minimum atomic E-state index is 0.193. The maximum Gasteiger partial charge on any atom is 0.129 e. The van der Waals surface area contributed by atoms with Gasteiger partial charge in [-0.25, -0.2) is 0 Å². The molecule has 0 bridgehead atoms. The third kappa shape index (κ3) is 4.28. The van der Waals surface area contributed by atoms with Crippen LogP contribution in [0.4, 0.5) is 0 Å². The lowest BCUT2D eigenvalue weighted by Crippen LogP contribution is -2.35. The molecule has 0 spiro atoms. The Morgan fingerprint density at radius 2 is 2.41 bits per heavy atom. The Kier molecular flexibility index (Phi) is 6.80. The molecule has 22 heavy (non-hydrogen) atoms. The first-order valence-electron chi connectivity index (χ1n) is 8.25. The average molecular weight is 410 g/mol. The van der Waals surface area contributed by atoms with Crippen LogP contribution in [-0.4, -0.2) is 15.0 Å². The molecule has 1 aliphatic carbocycles. The predicted octanol–water partition coefficient (Wildman–Crippen LogP) is 5.42. The molecule has 1 N–H and O–H groups in total. The Morgan fingerprint density at radius 3 is 3.09 bits per heavy atom. The van der Waals surface area contributed by atoms with Crippen LogP contribution in [0.1, 0.15) is 46.0 Å². The van der Waals surface area contributed by atoms with E-state index < -0.39 is 0 Å². The van der Waals surface area contributed by atoms with Crippen LogP contribution in [0.25, 0.3) is 0 Å². The van der Waals surface area contributed by atoms with Gasteiger partial charge in [-0.15, -0.1) is 0 Å². The fourth-order valence-corrected chi connectivity index (χ4v) is 3.24. The second-order valence-corrected chi connectivity index (χ2v) is 7.94. The van der Waals surface area contributed by atoms with E-state index >= 15 is 0 Å². The molecule has 0 saturated heterocycles. The summed E-state index contributed by atoms with van der Waals surface area (Å²) < 4.78 is 0.725. The number of nitrogens with one attached hydrogen (secondary N) is 1. The summed E-state index contributed by atoms with van der Waals surface area (Å²) in [7, 11) is 0. The molecule has 2 aliphatic rings. The fraction of sp³-hybridized carbons (Fsp3) is 0.474. The Morgan fingerprint density at radius 1 is 1.59 bits per heavy atom. The van der Waals surface area contributed by atoms with Crippen LogP contribution in [0.2, 0.25) is 0 Å². The van der Waals surface area contributed by atoms with Crippen molar-refractivity contribution in [3.8, 4) is 0 Å². The van der Waals surface area contributed by atoms with Gasteiger partial charge < -0.3 is 10.2 Å². The van der Waals surface area contributed by atoms with Gasteiger partial charge in [-0.2, -0.15) is 0 Å². The summed E-state index contributed by atoms with van der Waals surface area (Å²) in [6, 6.07) is 0. The number of rotatable bonds is 7. The monoisotopic (exact) mass is 410 g/mol. The van der Waals surface area contributed by atoms with Crippen LogP contribution < -0.4 is 5.32 Å². The SMILES string of the molecule is C=C/C(=C\CC)C1NC2=C(C=CCC2)N1/C=C/CC[C@@H](C)I. The summed E-state index contributed by atoms with van der Waals surface area (Å²) >= 11 is 2.49. The Bertz CT molecular complexity index is 512. The lowest BCUT2D eigenvalue weighted by Gasteiger charge is -2.26. The first-order valence-corrected chi connectivity index (χ1v) is 9.49. The van der Waals surface area contributed by atoms with Crippen molar-refractivity contribution >= 4 is 22.6 Å². The zero-order valence-electron chi connectivity index (χ0n) is 13.7. The molecule has 0 aromatic heterocycles. The van der Waals surface area contributed by atoms with E-state index in [4.69, 9.17) is 0 Å². The van der Waals surface area contributed by atoms with Gasteiger partial charge in [0.05, 0.1) is 5.70 Å². The topological polar surface area (TPSA) is 15.3 Å². The number of hydrogen-bond donors (Lipinski definition) is 1. The maximum atomic E-state index is 4.00. The lowest BCUT2D eigenvalue weighted by atomic mass is 10.1. The maximum absolute atomic E-state index is 4.00. The molecular formula is C19H27IN2. The second kappa shape index (κ2) is 8.61. The fourth-order valence-electron chi connectivity index (χ4n) is 2.88. The summed E-state index contributed by atoms with van der Waals surface area (Å²) in [6.07, 6.45) is 19.1. The Hall–Kier alpha value is -0.970. The van der Waals surface area contributed by atoms with Gasteiger partial charge >= 0.3 is 0 Å². The van der Waals surface area contributed by atoms with Gasteiger partial charge in [-0.3, -0.25) is 0 Å². The zero-order chi connectivity index (χ0) is 15.9. The molecule has 0 aromatic rings. The highest BCUT2D eigenvalue weighted by Gasteiger charge is 2.30. The van der Waals surface area contributed by atoms with Crippen molar-refractivity contribution in [2.45, 2.75) is 56.0 Å². The molecular weight excluding hydrogens is 383 g/mol. The van der Waals surface area contributed by atoms with E-state index in [9.17, 15) is 0 Å². The lowest BCUT2D eigenvalue weighted by molar-refractivity contribution is 0.399. The van der Waals surface area contributed by atoms with Crippen molar-refractivity contribution in [2.24, 2.45) is 0 Å². The van der Waals surface area contributed by atoms with Crippen molar-refractivity contribution in [3.05, 3.63) is 60.1 Å². The van der Waals surface area contributed by atoms with Crippen LogP contribution in [0, 0.1) is 0 Å². The van der Waals surface area contributed by atoms with E-state index in [1.807, 2.05) is 6.08 Å². The molecule has 1 unspecified atom stereocenters. The number of nitrogens with zero attached hydrogens (tertiary/aromatic N) is 1. The van der Waals surface area contributed by atoms with Gasteiger partial charge in [0.25, 0.3) is 0 Å². The van der Waals surface area contributed by atoms with Crippen molar-refractivity contribution < 1.29 is 0 Å². The van der Waals surface area contributed by atoms with Gasteiger partial charge in [0, 0.05) is 15.8 Å². The number of halogens is 1. The van der Waals surface area contributed by atoms with E-state index in [2.05, 4.69) is 83.7 Å². The molecule has 0 aromatic carbocycles. The molecule has 2 rings (SSSR count). The molecule has 0 amide bonds. The minimum absolute atomic E-state index is 0.193. The average Bonchev–Trinajstić information content (AvgIpc) is 2.87.